The molecule has 1 aromatic heterocycles. The Morgan fingerprint density at radius 3 is 2.08 bits per heavy atom. The first-order chi connectivity index (χ1) is 18.3. The first kappa shape index (κ1) is 27.8. The van der Waals surface area contributed by atoms with Crippen LogP contribution < -0.4 is 10.9 Å². The molecule has 0 saturated carbocycles. The molecule has 1 heterocycles. The molecule has 198 valence electrons. The number of aromatic nitrogens is 2. The second kappa shape index (κ2) is 13.5. The van der Waals surface area contributed by atoms with Crippen LogP contribution in [0.15, 0.2) is 71.7 Å². The van der Waals surface area contributed by atoms with E-state index in [4.69, 9.17) is 9.47 Å². The number of carbonyl (C=O) groups is 4. The Morgan fingerprint density at radius 1 is 0.921 bits per heavy atom. The third-order valence-electron chi connectivity index (χ3n) is 5.23. The van der Waals surface area contributed by atoms with Crippen LogP contribution in [-0.2, 0) is 19.0 Å². The largest absolute Gasteiger partial charge is 0.511 e. The number of H-pyrrole nitrogens is 1. The molecule has 11 nitrogen and oxygen atoms in total. The van der Waals surface area contributed by atoms with Gasteiger partial charge in [0.1, 0.15) is 5.56 Å². The van der Waals surface area contributed by atoms with Crippen LogP contribution in [0, 0.1) is 0 Å². The number of carbonyl (C=O) groups excluding carboxylic acids is 4. The van der Waals surface area contributed by atoms with Gasteiger partial charge in [-0.15, -0.1) is 0 Å². The Bertz CT molecular complexity index is 1290. The zero-order chi connectivity index (χ0) is 27.5. The highest BCUT2D eigenvalue weighted by Gasteiger charge is 2.22. The molecule has 0 aliphatic rings. The van der Waals surface area contributed by atoms with Crippen LogP contribution in [0.25, 0.3) is 0 Å². The highest BCUT2D eigenvalue weighted by Crippen LogP contribution is 2.22. The average molecular weight is 522 g/mol. The van der Waals surface area contributed by atoms with Crippen molar-refractivity contribution in [3.63, 3.8) is 0 Å². The molecule has 2 N–H and O–H groups in total. The maximum atomic E-state index is 13.0. The average Bonchev–Trinajstić information content (AvgIpc) is 2.91. The second-order valence-corrected chi connectivity index (χ2v) is 7.98. The number of nitrogens with one attached hydrogen (secondary N) is 2. The fourth-order valence-electron chi connectivity index (χ4n) is 3.45. The number of ketones is 1. The number of hydrogen-bond acceptors (Lipinski definition) is 9. The van der Waals surface area contributed by atoms with Crippen LogP contribution in [0.5, 0.6) is 0 Å². The molecule has 0 saturated heterocycles. The molecule has 0 aliphatic carbocycles. The van der Waals surface area contributed by atoms with E-state index in [9.17, 15) is 24.0 Å². The third-order valence-corrected chi connectivity index (χ3v) is 5.23. The van der Waals surface area contributed by atoms with E-state index in [0.717, 1.165) is 17.3 Å². The summed E-state index contributed by atoms with van der Waals surface area (Å²) in [6.07, 6.45) is -1.86. The van der Waals surface area contributed by atoms with Crippen molar-refractivity contribution in [1.29, 1.82) is 0 Å². The van der Waals surface area contributed by atoms with Crippen LogP contribution in [0.2, 0.25) is 0 Å². The maximum absolute atomic E-state index is 13.0. The first-order valence-corrected chi connectivity index (χ1v) is 11.8. The van der Waals surface area contributed by atoms with Crippen molar-refractivity contribution < 1.29 is 33.4 Å². The summed E-state index contributed by atoms with van der Waals surface area (Å²) in [5, 5.41) is 2.85. The second-order valence-electron chi connectivity index (χ2n) is 7.98. The highest BCUT2D eigenvalue weighted by atomic mass is 16.8. The number of amides is 1. The Balaban J connectivity index is 1.63. The van der Waals surface area contributed by atoms with Crippen molar-refractivity contribution in [2.24, 2.45) is 0 Å². The molecule has 2 aromatic carbocycles. The number of Topliss-reactive ketones (excluding diaryl/α,β-unsaturated/α-hetero) is 1. The van der Waals surface area contributed by atoms with Gasteiger partial charge in [0.25, 0.3) is 11.5 Å². The third kappa shape index (κ3) is 7.85. The van der Waals surface area contributed by atoms with Gasteiger partial charge in [-0.05, 0) is 18.1 Å². The van der Waals surface area contributed by atoms with Gasteiger partial charge in [0.05, 0.1) is 19.1 Å². The fourth-order valence-corrected chi connectivity index (χ4v) is 3.45. The predicted octanol–water partition coefficient (Wildman–Crippen LogP) is 3.31. The number of hydrogen-bond donors (Lipinski definition) is 2. The van der Waals surface area contributed by atoms with E-state index in [2.05, 4.69) is 20.0 Å². The summed E-state index contributed by atoms with van der Waals surface area (Å²) in [5.41, 5.74) is 0.553. The van der Waals surface area contributed by atoms with E-state index < -0.39 is 41.7 Å². The van der Waals surface area contributed by atoms with Crippen molar-refractivity contribution in [2.75, 3.05) is 6.61 Å². The lowest BCUT2D eigenvalue weighted by molar-refractivity contribution is -0.167. The summed E-state index contributed by atoms with van der Waals surface area (Å²) in [4.78, 5) is 67.4. The van der Waals surface area contributed by atoms with Crippen LogP contribution >= 0.6 is 0 Å². The van der Waals surface area contributed by atoms with Crippen LogP contribution in [0.3, 0.4) is 0 Å². The predicted molar refractivity (Wildman–Crippen MR) is 134 cm³/mol. The van der Waals surface area contributed by atoms with E-state index in [0.29, 0.717) is 0 Å². The van der Waals surface area contributed by atoms with Crippen LogP contribution in [-0.4, -0.2) is 46.7 Å². The van der Waals surface area contributed by atoms with Gasteiger partial charge >= 0.3 is 12.1 Å². The Kier molecular flexibility index (Phi) is 9.86. The number of ether oxygens (including phenoxy) is 3. The van der Waals surface area contributed by atoms with Gasteiger partial charge in [-0.1, -0.05) is 60.7 Å². The monoisotopic (exact) mass is 521 g/mol. The van der Waals surface area contributed by atoms with E-state index in [1.54, 1.807) is 6.92 Å². The van der Waals surface area contributed by atoms with Crippen molar-refractivity contribution in [3.8, 4) is 0 Å². The normalized spacial score (nSPS) is 11.3. The van der Waals surface area contributed by atoms with Gasteiger partial charge in [0.2, 0.25) is 6.29 Å². The van der Waals surface area contributed by atoms with Crippen molar-refractivity contribution in [3.05, 3.63) is 99.7 Å². The van der Waals surface area contributed by atoms with Gasteiger partial charge in [-0.25, -0.2) is 9.78 Å². The number of esters is 1. The van der Waals surface area contributed by atoms with Gasteiger partial charge in [-0.3, -0.25) is 19.2 Å². The minimum absolute atomic E-state index is 0.0975. The molecule has 0 radical (unpaired) electrons. The quantitative estimate of drug-likeness (QED) is 0.220. The van der Waals surface area contributed by atoms with Crippen LogP contribution in [0.4, 0.5) is 4.79 Å². The van der Waals surface area contributed by atoms with Crippen molar-refractivity contribution in [2.45, 2.75) is 39.0 Å². The van der Waals surface area contributed by atoms with E-state index in [-0.39, 0.29) is 30.8 Å². The SMILES string of the molecule is CCOC(=O)OC(C)OC(=O)CCC(=O)c1ncc(C(=O)NC(c2ccccc2)c2ccccc2)c(=O)[nH]1. The number of nitrogens with zero attached hydrogens (tertiary/aromatic N) is 1. The summed E-state index contributed by atoms with van der Waals surface area (Å²) in [6, 6.07) is 18.0. The molecule has 0 spiro atoms. The highest BCUT2D eigenvalue weighted by molar-refractivity contribution is 5.96. The first-order valence-electron chi connectivity index (χ1n) is 11.8. The van der Waals surface area contributed by atoms with E-state index >= 15 is 0 Å². The summed E-state index contributed by atoms with van der Waals surface area (Å²) < 4.78 is 14.2. The van der Waals surface area contributed by atoms with Gasteiger partial charge in [0, 0.05) is 19.5 Å². The number of aromatic amines is 1. The zero-order valence-corrected chi connectivity index (χ0v) is 20.8. The molecule has 0 bridgehead atoms. The summed E-state index contributed by atoms with van der Waals surface area (Å²) in [7, 11) is 0. The molecular weight excluding hydrogens is 494 g/mol. The number of rotatable bonds is 11. The summed E-state index contributed by atoms with van der Waals surface area (Å²) >= 11 is 0. The summed E-state index contributed by atoms with van der Waals surface area (Å²) in [5.74, 6) is -2.43. The van der Waals surface area contributed by atoms with Crippen molar-refractivity contribution >= 4 is 23.8 Å². The molecule has 1 unspecified atom stereocenters. The molecule has 0 fully saturated rings. The molecule has 1 amide bonds. The molecule has 38 heavy (non-hydrogen) atoms. The molecular formula is C27H27N3O8. The lowest BCUT2D eigenvalue weighted by Gasteiger charge is -2.19. The molecule has 0 aliphatic heterocycles. The molecule has 3 rings (SSSR count). The van der Waals surface area contributed by atoms with Crippen LogP contribution in [0.1, 0.15) is 64.8 Å². The van der Waals surface area contributed by atoms with Gasteiger partial charge in [-0.2, -0.15) is 0 Å². The Morgan fingerprint density at radius 2 is 1.53 bits per heavy atom. The van der Waals surface area contributed by atoms with E-state index in [1.807, 2.05) is 60.7 Å². The number of benzene rings is 2. The lowest BCUT2D eigenvalue weighted by Crippen LogP contribution is -2.34. The fraction of sp³-hybridized carbons (Fsp3) is 0.259. The molecule has 3 aromatic rings. The van der Waals surface area contributed by atoms with Crippen molar-refractivity contribution in [1.82, 2.24) is 15.3 Å². The zero-order valence-electron chi connectivity index (χ0n) is 20.8. The maximum Gasteiger partial charge on any atom is 0.511 e. The lowest BCUT2D eigenvalue weighted by atomic mass is 9.98. The molecule has 11 heteroatoms. The topological polar surface area (TPSA) is 154 Å². The van der Waals surface area contributed by atoms with Gasteiger partial charge < -0.3 is 24.5 Å². The van der Waals surface area contributed by atoms with Gasteiger partial charge in [0.15, 0.2) is 11.6 Å². The smallest absolute Gasteiger partial charge is 0.435 e. The van der Waals surface area contributed by atoms with E-state index in [1.165, 1.54) is 6.92 Å². The summed E-state index contributed by atoms with van der Waals surface area (Å²) in [6.45, 7) is 3.01. The minimum atomic E-state index is -1.21. The minimum Gasteiger partial charge on any atom is -0.435 e. The molecule has 1 atom stereocenters. The Hall–Kier alpha value is -4.80. The Labute approximate surface area is 218 Å². The standard InChI is InChI=1S/C27H27N3O8/c1-3-36-27(35)38-17(2)37-22(32)15-14-21(31)24-28-16-20(26(34)30-24)25(33)29-23(18-10-6-4-7-11-18)19-12-8-5-9-13-19/h4-13,16-17,23H,3,14-15H2,1-2H3,(H,29,33)(H,28,30,34).